The molecule has 25 heavy (non-hydrogen) atoms. The van der Waals surface area contributed by atoms with Crippen molar-refractivity contribution in [2.45, 2.75) is 18.8 Å². The smallest absolute Gasteiger partial charge is 0.407 e. The molecule has 0 aliphatic rings. The van der Waals surface area contributed by atoms with Gasteiger partial charge in [0, 0.05) is 24.5 Å². The Bertz CT molecular complexity index is 834. The first-order valence-electron chi connectivity index (χ1n) is 7.87. The number of benzene rings is 1. The Morgan fingerprint density at radius 1 is 1.24 bits per heavy atom. The lowest BCUT2D eigenvalue weighted by Crippen LogP contribution is -2.35. The third kappa shape index (κ3) is 4.34. The molecule has 0 spiro atoms. The molecule has 3 aromatic rings. The highest BCUT2D eigenvalue weighted by Gasteiger charge is 2.20. The van der Waals surface area contributed by atoms with Gasteiger partial charge in [0.25, 0.3) is 0 Å². The minimum atomic E-state index is -1.18. The molecule has 1 aromatic carbocycles. The van der Waals surface area contributed by atoms with E-state index in [1.807, 2.05) is 36.4 Å². The number of H-pyrrole nitrogens is 1. The number of nitrogens with one attached hydrogen (secondary N) is 2. The van der Waals surface area contributed by atoms with Crippen LogP contribution < -0.4 is 5.32 Å². The molecule has 7 nitrogen and oxygen atoms in total. The maximum Gasteiger partial charge on any atom is 0.407 e. The van der Waals surface area contributed by atoms with Crippen molar-refractivity contribution in [1.29, 1.82) is 0 Å². The number of pyridine rings is 1. The fourth-order valence-corrected chi connectivity index (χ4v) is 2.41. The monoisotopic (exact) mass is 341 g/mol. The van der Waals surface area contributed by atoms with Crippen LogP contribution in [-0.2, 0) is 11.3 Å². The van der Waals surface area contributed by atoms with Crippen molar-refractivity contribution in [3.8, 4) is 0 Å². The summed E-state index contributed by atoms with van der Waals surface area (Å²) >= 11 is 0. The molecule has 0 saturated heterocycles. The molecule has 2 aromatic heterocycles. The number of ether oxygens (including phenoxy) is 1. The Hall–Kier alpha value is -2.90. The van der Waals surface area contributed by atoms with E-state index in [9.17, 15) is 15.0 Å². The molecule has 3 rings (SSSR count). The SMILES string of the molecule is O=C(NCC(O)C(O)c1cnc2cc[nH]c2c1)OCc1ccccc1. The lowest BCUT2D eigenvalue weighted by atomic mass is 10.1. The zero-order valence-electron chi connectivity index (χ0n) is 13.4. The van der Waals surface area contributed by atoms with Gasteiger partial charge >= 0.3 is 6.09 Å². The van der Waals surface area contributed by atoms with Gasteiger partial charge in [-0.2, -0.15) is 0 Å². The second-order valence-corrected chi connectivity index (χ2v) is 5.63. The maximum atomic E-state index is 11.7. The Morgan fingerprint density at radius 2 is 2.04 bits per heavy atom. The number of nitrogens with zero attached hydrogens (tertiary/aromatic N) is 1. The highest BCUT2D eigenvalue weighted by molar-refractivity contribution is 5.75. The predicted molar refractivity (Wildman–Crippen MR) is 91.7 cm³/mol. The number of rotatable bonds is 6. The summed E-state index contributed by atoms with van der Waals surface area (Å²) in [6, 6.07) is 12.8. The third-order valence-corrected chi connectivity index (χ3v) is 3.79. The molecule has 2 heterocycles. The molecule has 2 unspecified atom stereocenters. The Labute approximate surface area is 144 Å². The highest BCUT2D eigenvalue weighted by atomic mass is 16.5. The van der Waals surface area contributed by atoms with Crippen LogP contribution in [0, 0.1) is 0 Å². The lowest BCUT2D eigenvalue weighted by molar-refractivity contribution is 0.0183. The Morgan fingerprint density at radius 3 is 2.84 bits per heavy atom. The lowest BCUT2D eigenvalue weighted by Gasteiger charge is -2.18. The second-order valence-electron chi connectivity index (χ2n) is 5.63. The first-order chi connectivity index (χ1) is 12.1. The number of hydrogen-bond donors (Lipinski definition) is 4. The van der Waals surface area contributed by atoms with Gasteiger partial charge in [-0.3, -0.25) is 4.98 Å². The molecule has 0 fully saturated rings. The van der Waals surface area contributed by atoms with Crippen molar-refractivity contribution < 1.29 is 19.7 Å². The number of carbonyl (C=O) groups excluding carboxylic acids is 1. The minimum Gasteiger partial charge on any atom is -0.445 e. The first kappa shape index (κ1) is 16.9. The molecule has 7 heteroatoms. The van der Waals surface area contributed by atoms with Crippen LogP contribution in [0.5, 0.6) is 0 Å². The van der Waals surface area contributed by atoms with Crippen molar-refractivity contribution in [1.82, 2.24) is 15.3 Å². The van der Waals surface area contributed by atoms with E-state index in [0.29, 0.717) is 5.56 Å². The van der Waals surface area contributed by atoms with Gasteiger partial charge in [0.05, 0.1) is 11.0 Å². The van der Waals surface area contributed by atoms with Crippen LogP contribution in [0.2, 0.25) is 0 Å². The van der Waals surface area contributed by atoms with Gasteiger partial charge in [0.2, 0.25) is 0 Å². The minimum absolute atomic E-state index is 0.138. The standard InChI is InChI=1S/C18H19N3O4/c22-16(10-21-18(24)25-11-12-4-2-1-3-5-12)17(23)13-8-15-14(20-9-13)6-7-19-15/h1-9,16-17,19,22-23H,10-11H2,(H,21,24). The van der Waals surface area contributed by atoms with Crippen LogP contribution in [0.3, 0.4) is 0 Å². The van der Waals surface area contributed by atoms with Crippen LogP contribution in [0.1, 0.15) is 17.2 Å². The van der Waals surface area contributed by atoms with Gasteiger partial charge < -0.3 is 25.3 Å². The van der Waals surface area contributed by atoms with Crippen molar-refractivity contribution in [2.24, 2.45) is 0 Å². The number of amides is 1. The van der Waals surface area contributed by atoms with E-state index in [1.165, 1.54) is 6.20 Å². The molecule has 0 bridgehead atoms. The summed E-state index contributed by atoms with van der Waals surface area (Å²) in [4.78, 5) is 18.9. The van der Waals surface area contributed by atoms with E-state index in [4.69, 9.17) is 4.74 Å². The average molecular weight is 341 g/mol. The van der Waals surface area contributed by atoms with Crippen LogP contribution in [0.25, 0.3) is 11.0 Å². The maximum absolute atomic E-state index is 11.7. The van der Waals surface area contributed by atoms with E-state index in [0.717, 1.165) is 16.6 Å². The summed E-state index contributed by atoms with van der Waals surface area (Å²) < 4.78 is 5.05. The van der Waals surface area contributed by atoms with E-state index >= 15 is 0 Å². The van der Waals surface area contributed by atoms with E-state index in [-0.39, 0.29) is 13.2 Å². The molecular weight excluding hydrogens is 322 g/mol. The van der Waals surface area contributed by atoms with Gasteiger partial charge in [-0.25, -0.2) is 4.79 Å². The van der Waals surface area contributed by atoms with Gasteiger partial charge in [-0.05, 0) is 17.7 Å². The fraction of sp³-hybridized carbons (Fsp3) is 0.222. The van der Waals surface area contributed by atoms with E-state index in [1.54, 1.807) is 12.3 Å². The normalized spacial score (nSPS) is 13.4. The molecule has 4 N–H and O–H groups in total. The third-order valence-electron chi connectivity index (χ3n) is 3.79. The Balaban J connectivity index is 1.49. The Kier molecular flexibility index (Phi) is 5.27. The molecule has 2 atom stereocenters. The second kappa shape index (κ2) is 7.78. The van der Waals surface area contributed by atoms with Gasteiger partial charge in [0.1, 0.15) is 18.8 Å². The molecule has 0 saturated carbocycles. The average Bonchev–Trinajstić information content (AvgIpc) is 3.12. The summed E-state index contributed by atoms with van der Waals surface area (Å²) in [5, 5.41) is 22.7. The zero-order valence-corrected chi connectivity index (χ0v) is 13.4. The van der Waals surface area contributed by atoms with Crippen LogP contribution >= 0.6 is 0 Å². The van der Waals surface area contributed by atoms with Crippen LogP contribution in [0.4, 0.5) is 4.79 Å². The zero-order chi connectivity index (χ0) is 17.6. The molecule has 0 aliphatic heterocycles. The van der Waals surface area contributed by atoms with Crippen LogP contribution in [-0.4, -0.2) is 38.9 Å². The van der Waals surface area contributed by atoms with Crippen molar-refractivity contribution in [3.63, 3.8) is 0 Å². The summed E-state index contributed by atoms with van der Waals surface area (Å²) in [6.07, 6.45) is 0.230. The largest absolute Gasteiger partial charge is 0.445 e. The number of aromatic amines is 1. The van der Waals surface area contributed by atoms with Gasteiger partial charge in [-0.1, -0.05) is 30.3 Å². The summed E-state index contributed by atoms with van der Waals surface area (Å²) in [5.74, 6) is 0. The van der Waals surface area contributed by atoms with Crippen LogP contribution in [0.15, 0.2) is 54.9 Å². The first-order valence-corrected chi connectivity index (χ1v) is 7.87. The highest BCUT2D eigenvalue weighted by Crippen LogP contribution is 2.19. The summed E-state index contributed by atoms with van der Waals surface area (Å²) in [6.45, 7) is -0.00368. The number of carbonyl (C=O) groups is 1. The molecule has 0 aliphatic carbocycles. The molecule has 0 radical (unpaired) electrons. The predicted octanol–water partition coefficient (Wildman–Crippen LogP) is 1.88. The topological polar surface area (TPSA) is 107 Å². The molecular formula is C18H19N3O4. The molecule has 130 valence electrons. The van der Waals surface area contributed by atoms with E-state index < -0.39 is 18.3 Å². The van der Waals surface area contributed by atoms with Crippen molar-refractivity contribution >= 4 is 17.1 Å². The van der Waals surface area contributed by atoms with Gasteiger partial charge in [0.15, 0.2) is 0 Å². The quantitative estimate of drug-likeness (QED) is 0.548. The number of alkyl carbamates (subject to hydrolysis) is 1. The number of fused-ring (bicyclic) bond motifs is 1. The van der Waals surface area contributed by atoms with Crippen molar-refractivity contribution in [3.05, 3.63) is 66.0 Å². The number of aliphatic hydroxyl groups is 2. The number of hydrogen-bond acceptors (Lipinski definition) is 5. The van der Waals surface area contributed by atoms with E-state index in [2.05, 4.69) is 15.3 Å². The summed E-state index contributed by atoms with van der Waals surface area (Å²) in [5.41, 5.74) is 2.86. The number of aliphatic hydroxyl groups excluding tert-OH is 2. The van der Waals surface area contributed by atoms with Crippen molar-refractivity contribution in [2.75, 3.05) is 6.54 Å². The summed E-state index contributed by atoms with van der Waals surface area (Å²) in [7, 11) is 0. The number of aromatic nitrogens is 2. The molecule has 1 amide bonds. The fourth-order valence-electron chi connectivity index (χ4n) is 2.41. The van der Waals surface area contributed by atoms with Gasteiger partial charge in [-0.15, -0.1) is 0 Å².